The molecule has 80 valence electrons. The molecule has 0 heterocycles. The molecule has 0 radical (unpaired) electrons. The van der Waals surface area contributed by atoms with Gasteiger partial charge in [-0.3, -0.25) is 0 Å². The predicted molar refractivity (Wildman–Crippen MR) is 66.0 cm³/mol. The number of hydrogen-bond donors (Lipinski definition) is 0. The van der Waals surface area contributed by atoms with Crippen LogP contribution in [0.3, 0.4) is 0 Å². The standard InChI is InChI=1S/C15H10N2/c1-11-5-13(10-17)8-15(6-11)14-4-2-3-12(7-14)9-16/h2-8H,1H3. The first-order valence-electron chi connectivity index (χ1n) is 5.25. The molecule has 0 spiro atoms. The van der Waals surface area contributed by atoms with Gasteiger partial charge >= 0.3 is 0 Å². The second-order valence-electron chi connectivity index (χ2n) is 3.89. The maximum atomic E-state index is 8.93. The number of rotatable bonds is 1. The van der Waals surface area contributed by atoms with Crippen molar-refractivity contribution >= 4 is 0 Å². The largest absolute Gasteiger partial charge is 0.192 e. The zero-order valence-electron chi connectivity index (χ0n) is 9.44. The van der Waals surface area contributed by atoms with Gasteiger partial charge in [0, 0.05) is 0 Å². The number of aryl methyl sites for hydroxylation is 1. The number of nitriles is 2. The second kappa shape index (κ2) is 4.51. The Balaban J connectivity index is 2.57. The van der Waals surface area contributed by atoms with Gasteiger partial charge in [0.05, 0.1) is 23.3 Å². The van der Waals surface area contributed by atoms with Crippen molar-refractivity contribution in [3.05, 3.63) is 59.2 Å². The molecule has 0 aromatic heterocycles. The average molecular weight is 218 g/mol. The molecular formula is C15H10N2. The average Bonchev–Trinajstić information content (AvgIpc) is 2.38. The van der Waals surface area contributed by atoms with Crippen LogP contribution < -0.4 is 0 Å². The quantitative estimate of drug-likeness (QED) is 0.736. The summed E-state index contributed by atoms with van der Waals surface area (Å²) >= 11 is 0. The Morgan fingerprint density at radius 3 is 2.24 bits per heavy atom. The Morgan fingerprint density at radius 1 is 0.824 bits per heavy atom. The van der Waals surface area contributed by atoms with Gasteiger partial charge in [-0.15, -0.1) is 0 Å². The number of benzene rings is 2. The van der Waals surface area contributed by atoms with Gasteiger partial charge < -0.3 is 0 Å². The van der Waals surface area contributed by atoms with E-state index in [9.17, 15) is 0 Å². The van der Waals surface area contributed by atoms with Crippen molar-refractivity contribution in [2.24, 2.45) is 0 Å². The SMILES string of the molecule is Cc1cc(C#N)cc(-c2cccc(C#N)c2)c1. The molecule has 0 atom stereocenters. The smallest absolute Gasteiger partial charge is 0.0991 e. The van der Waals surface area contributed by atoms with Gasteiger partial charge in [-0.05, 0) is 47.9 Å². The molecule has 2 aromatic carbocycles. The van der Waals surface area contributed by atoms with Crippen molar-refractivity contribution in [1.82, 2.24) is 0 Å². The lowest BCUT2D eigenvalue weighted by Gasteiger charge is -2.04. The van der Waals surface area contributed by atoms with E-state index in [0.717, 1.165) is 16.7 Å². The fraction of sp³-hybridized carbons (Fsp3) is 0.0667. The summed E-state index contributed by atoms with van der Waals surface area (Å²) < 4.78 is 0. The van der Waals surface area contributed by atoms with Crippen molar-refractivity contribution in [2.75, 3.05) is 0 Å². The van der Waals surface area contributed by atoms with Crippen LogP contribution in [0, 0.1) is 29.6 Å². The maximum absolute atomic E-state index is 8.93. The molecule has 0 bridgehead atoms. The van der Waals surface area contributed by atoms with Crippen molar-refractivity contribution in [3.63, 3.8) is 0 Å². The van der Waals surface area contributed by atoms with E-state index in [1.165, 1.54) is 0 Å². The van der Waals surface area contributed by atoms with Gasteiger partial charge in [0.1, 0.15) is 0 Å². The van der Waals surface area contributed by atoms with E-state index < -0.39 is 0 Å². The predicted octanol–water partition coefficient (Wildman–Crippen LogP) is 3.41. The molecule has 0 aliphatic rings. The molecule has 0 N–H and O–H groups in total. The molecule has 2 heteroatoms. The lowest BCUT2D eigenvalue weighted by atomic mass is 9.99. The first-order valence-corrected chi connectivity index (χ1v) is 5.25. The van der Waals surface area contributed by atoms with Crippen LogP contribution >= 0.6 is 0 Å². The summed E-state index contributed by atoms with van der Waals surface area (Å²) in [7, 11) is 0. The van der Waals surface area contributed by atoms with E-state index in [4.69, 9.17) is 10.5 Å². The zero-order valence-corrected chi connectivity index (χ0v) is 9.44. The van der Waals surface area contributed by atoms with Crippen molar-refractivity contribution in [3.8, 4) is 23.3 Å². The third-order valence-electron chi connectivity index (χ3n) is 2.53. The number of hydrogen-bond acceptors (Lipinski definition) is 2. The molecule has 17 heavy (non-hydrogen) atoms. The Bertz CT molecular complexity index is 643. The summed E-state index contributed by atoms with van der Waals surface area (Å²) in [6.07, 6.45) is 0. The fourth-order valence-electron chi connectivity index (χ4n) is 1.78. The minimum atomic E-state index is 0.627. The molecule has 0 saturated heterocycles. The highest BCUT2D eigenvalue weighted by atomic mass is 14.2. The van der Waals surface area contributed by atoms with Crippen molar-refractivity contribution in [1.29, 1.82) is 10.5 Å². The highest BCUT2D eigenvalue weighted by Gasteiger charge is 2.02. The molecule has 0 aliphatic heterocycles. The molecule has 0 unspecified atom stereocenters. The van der Waals surface area contributed by atoms with Crippen molar-refractivity contribution in [2.45, 2.75) is 6.92 Å². The van der Waals surface area contributed by atoms with Crippen LogP contribution in [-0.2, 0) is 0 Å². The first kappa shape index (κ1) is 10.9. The molecule has 0 fully saturated rings. The van der Waals surface area contributed by atoms with Crippen LogP contribution in [-0.4, -0.2) is 0 Å². The van der Waals surface area contributed by atoms with Crippen LogP contribution in [0.2, 0.25) is 0 Å². The third-order valence-corrected chi connectivity index (χ3v) is 2.53. The lowest BCUT2D eigenvalue weighted by Crippen LogP contribution is -1.84. The Hall–Kier alpha value is -2.58. The molecule has 0 amide bonds. The van der Waals surface area contributed by atoms with Crippen LogP contribution in [0.1, 0.15) is 16.7 Å². The summed E-state index contributed by atoms with van der Waals surface area (Å²) in [5.74, 6) is 0. The Kier molecular flexibility index (Phi) is 2.90. The van der Waals surface area contributed by atoms with Gasteiger partial charge in [-0.1, -0.05) is 18.2 Å². The minimum absolute atomic E-state index is 0.627. The Morgan fingerprint density at radius 2 is 1.53 bits per heavy atom. The highest BCUT2D eigenvalue weighted by Crippen LogP contribution is 2.22. The van der Waals surface area contributed by atoms with E-state index in [-0.39, 0.29) is 0 Å². The number of nitrogens with zero attached hydrogens (tertiary/aromatic N) is 2. The second-order valence-corrected chi connectivity index (χ2v) is 3.89. The van der Waals surface area contributed by atoms with E-state index in [0.29, 0.717) is 11.1 Å². The molecular weight excluding hydrogens is 208 g/mol. The summed E-state index contributed by atoms with van der Waals surface area (Å²) in [4.78, 5) is 0. The molecule has 0 aliphatic carbocycles. The summed E-state index contributed by atoms with van der Waals surface area (Å²) in [6, 6.07) is 17.3. The van der Waals surface area contributed by atoms with Crippen molar-refractivity contribution < 1.29 is 0 Å². The maximum Gasteiger partial charge on any atom is 0.0991 e. The minimum Gasteiger partial charge on any atom is -0.192 e. The van der Waals surface area contributed by atoms with Gasteiger partial charge in [-0.25, -0.2) is 0 Å². The van der Waals surface area contributed by atoms with Gasteiger partial charge in [0.15, 0.2) is 0 Å². The van der Waals surface area contributed by atoms with Crippen LogP contribution in [0.4, 0.5) is 0 Å². The van der Waals surface area contributed by atoms with E-state index >= 15 is 0 Å². The fourth-order valence-corrected chi connectivity index (χ4v) is 1.78. The zero-order chi connectivity index (χ0) is 12.3. The van der Waals surface area contributed by atoms with E-state index in [1.54, 1.807) is 6.07 Å². The van der Waals surface area contributed by atoms with Gasteiger partial charge in [0.25, 0.3) is 0 Å². The first-order chi connectivity index (χ1) is 8.22. The molecule has 2 nitrogen and oxygen atoms in total. The van der Waals surface area contributed by atoms with E-state index in [2.05, 4.69) is 12.1 Å². The van der Waals surface area contributed by atoms with Gasteiger partial charge in [0.2, 0.25) is 0 Å². The molecule has 2 aromatic rings. The van der Waals surface area contributed by atoms with Crippen LogP contribution in [0.25, 0.3) is 11.1 Å². The van der Waals surface area contributed by atoms with E-state index in [1.807, 2.05) is 43.3 Å². The summed E-state index contributed by atoms with van der Waals surface area (Å²) in [5.41, 5.74) is 4.24. The third kappa shape index (κ3) is 2.33. The molecule has 2 rings (SSSR count). The summed E-state index contributed by atoms with van der Waals surface area (Å²) in [6.45, 7) is 1.96. The highest BCUT2D eigenvalue weighted by molar-refractivity contribution is 5.67. The summed E-state index contributed by atoms with van der Waals surface area (Å²) in [5, 5.41) is 17.8. The topological polar surface area (TPSA) is 47.6 Å². The normalized spacial score (nSPS) is 9.35. The molecule has 0 saturated carbocycles. The Labute approximate surface area is 100 Å². The van der Waals surface area contributed by atoms with Crippen LogP contribution in [0.15, 0.2) is 42.5 Å². The lowest BCUT2D eigenvalue weighted by molar-refractivity contribution is 1.41. The van der Waals surface area contributed by atoms with Crippen LogP contribution in [0.5, 0.6) is 0 Å². The monoisotopic (exact) mass is 218 g/mol. The van der Waals surface area contributed by atoms with Gasteiger partial charge in [-0.2, -0.15) is 10.5 Å².